The third-order valence-electron chi connectivity index (χ3n) is 2.21. The first kappa shape index (κ1) is 20.1. The van der Waals surface area contributed by atoms with Gasteiger partial charge in [-0.05, 0) is 31.0 Å². The van der Waals surface area contributed by atoms with Crippen LogP contribution in [0, 0.1) is 0 Å². The van der Waals surface area contributed by atoms with Gasteiger partial charge in [-0.3, -0.25) is 9.78 Å². The summed E-state index contributed by atoms with van der Waals surface area (Å²) < 4.78 is 0. The Balaban J connectivity index is 0. The lowest BCUT2D eigenvalue weighted by atomic mass is 10.0. The second-order valence-electron chi connectivity index (χ2n) is 4.04. The number of carbonyl (C=O) groups excluding carboxylic acids is 1. The maximum atomic E-state index is 11.4. The zero-order chi connectivity index (χ0) is 15.3. The van der Waals surface area contributed by atoms with E-state index in [2.05, 4.69) is 10.3 Å². The van der Waals surface area contributed by atoms with Gasteiger partial charge in [-0.2, -0.15) is 0 Å². The first-order valence-corrected chi connectivity index (χ1v) is 7.25. The van der Waals surface area contributed by atoms with Crippen LogP contribution in [0.5, 0.6) is 0 Å². The van der Waals surface area contributed by atoms with Crippen LogP contribution in [0.3, 0.4) is 0 Å². The minimum Gasteiger partial charge on any atom is -0.305 e. The van der Waals surface area contributed by atoms with Crippen LogP contribution in [-0.4, -0.2) is 22.9 Å². The van der Waals surface area contributed by atoms with E-state index in [4.69, 9.17) is 0 Å². The summed E-state index contributed by atoms with van der Waals surface area (Å²) in [5, 5.41) is 3.26. The van der Waals surface area contributed by atoms with Gasteiger partial charge in [0.2, 0.25) is 0 Å². The molecule has 3 heteroatoms. The monoisotopic (exact) mass is 266 g/mol. The van der Waals surface area contributed by atoms with E-state index >= 15 is 0 Å². The maximum Gasteiger partial charge on any atom is 0.147 e. The highest BCUT2D eigenvalue weighted by Gasteiger charge is 2.15. The molecule has 0 bridgehead atoms. The van der Waals surface area contributed by atoms with Crippen molar-refractivity contribution >= 4 is 5.78 Å². The zero-order valence-electron chi connectivity index (χ0n) is 13.5. The van der Waals surface area contributed by atoms with Gasteiger partial charge in [0.25, 0.3) is 0 Å². The van der Waals surface area contributed by atoms with E-state index in [0.717, 1.165) is 12.0 Å². The Morgan fingerprint density at radius 1 is 1.16 bits per heavy atom. The van der Waals surface area contributed by atoms with E-state index in [-0.39, 0.29) is 11.8 Å². The molecule has 0 spiro atoms. The van der Waals surface area contributed by atoms with E-state index in [0.29, 0.717) is 6.04 Å². The number of rotatable bonds is 5. The number of hydrogen-bond donors (Lipinski definition) is 1. The number of ketones is 1. The number of nitrogens with zero attached hydrogens (tertiary/aromatic N) is 1. The molecule has 0 aliphatic rings. The molecule has 0 aliphatic heterocycles. The smallest absolute Gasteiger partial charge is 0.147 e. The molecule has 0 aromatic carbocycles. The third-order valence-corrected chi connectivity index (χ3v) is 2.21. The second-order valence-corrected chi connectivity index (χ2v) is 4.04. The van der Waals surface area contributed by atoms with Crippen molar-refractivity contribution in [3.63, 3.8) is 0 Å². The summed E-state index contributed by atoms with van der Waals surface area (Å²) in [5.74, 6) is 0.181. The maximum absolute atomic E-state index is 11.4. The summed E-state index contributed by atoms with van der Waals surface area (Å²) in [4.78, 5) is 15.4. The molecule has 1 rings (SSSR count). The highest BCUT2D eigenvalue weighted by atomic mass is 16.1. The summed E-state index contributed by atoms with van der Waals surface area (Å²) in [6.45, 7) is 13.7. The Hall–Kier alpha value is -1.22. The molecule has 110 valence electrons. The Morgan fingerprint density at radius 3 is 2.00 bits per heavy atom. The minimum atomic E-state index is -0.0904. The number of pyridine rings is 1. The summed E-state index contributed by atoms with van der Waals surface area (Å²) in [6, 6.07) is 4.11. The summed E-state index contributed by atoms with van der Waals surface area (Å²) in [6.07, 6.45) is 4.24. The number of hydrogen-bond acceptors (Lipinski definition) is 3. The first-order valence-electron chi connectivity index (χ1n) is 7.25. The average Bonchev–Trinajstić information content (AvgIpc) is 2.43. The van der Waals surface area contributed by atoms with Crippen molar-refractivity contribution in [3.05, 3.63) is 30.1 Å². The molecule has 1 heterocycles. The molecular formula is C16H30N2O. The molecule has 1 N–H and O–H groups in total. The predicted octanol–water partition coefficient (Wildman–Crippen LogP) is 3.63. The SMILES string of the molecule is CC.CC.CC(=O)C(Cc1ccncc1)NC(C)C. The van der Waals surface area contributed by atoms with Gasteiger partial charge in [0.05, 0.1) is 6.04 Å². The number of aromatic nitrogens is 1. The molecule has 19 heavy (non-hydrogen) atoms. The summed E-state index contributed by atoms with van der Waals surface area (Å²) in [5.41, 5.74) is 1.14. The van der Waals surface area contributed by atoms with Crippen molar-refractivity contribution < 1.29 is 4.79 Å². The van der Waals surface area contributed by atoms with Crippen LogP contribution < -0.4 is 5.32 Å². The number of Topliss-reactive ketones (excluding diaryl/α,β-unsaturated/α-hetero) is 1. The third kappa shape index (κ3) is 10.4. The van der Waals surface area contributed by atoms with Gasteiger partial charge in [-0.25, -0.2) is 0 Å². The average molecular weight is 266 g/mol. The normalized spacial score (nSPS) is 10.7. The molecule has 0 fully saturated rings. The summed E-state index contributed by atoms with van der Waals surface area (Å²) in [7, 11) is 0. The topological polar surface area (TPSA) is 42.0 Å². The van der Waals surface area contributed by atoms with Crippen LogP contribution in [0.2, 0.25) is 0 Å². The Morgan fingerprint density at radius 2 is 1.63 bits per heavy atom. The Bertz CT molecular complexity index is 310. The van der Waals surface area contributed by atoms with Gasteiger partial charge >= 0.3 is 0 Å². The van der Waals surface area contributed by atoms with Gasteiger partial charge in [0.15, 0.2) is 0 Å². The Kier molecular flexibility index (Phi) is 14.0. The van der Waals surface area contributed by atoms with Crippen LogP contribution in [0.4, 0.5) is 0 Å². The molecule has 1 aromatic heterocycles. The van der Waals surface area contributed by atoms with Gasteiger partial charge in [-0.15, -0.1) is 0 Å². The number of nitrogens with one attached hydrogen (secondary N) is 1. The zero-order valence-corrected chi connectivity index (χ0v) is 13.5. The highest BCUT2D eigenvalue weighted by molar-refractivity contribution is 5.81. The molecule has 1 unspecified atom stereocenters. The van der Waals surface area contributed by atoms with Crippen LogP contribution in [0.1, 0.15) is 54.0 Å². The minimum absolute atomic E-state index is 0.0904. The van der Waals surface area contributed by atoms with E-state index in [9.17, 15) is 4.79 Å². The van der Waals surface area contributed by atoms with Gasteiger partial charge < -0.3 is 5.32 Å². The highest BCUT2D eigenvalue weighted by Crippen LogP contribution is 2.03. The van der Waals surface area contributed by atoms with Gasteiger partial charge in [0.1, 0.15) is 5.78 Å². The largest absolute Gasteiger partial charge is 0.305 e. The fourth-order valence-electron chi connectivity index (χ4n) is 1.48. The second kappa shape index (κ2) is 13.2. The summed E-state index contributed by atoms with van der Waals surface area (Å²) >= 11 is 0. The molecular weight excluding hydrogens is 236 g/mol. The van der Waals surface area contributed by atoms with E-state index in [1.165, 1.54) is 0 Å². The van der Waals surface area contributed by atoms with Crippen molar-refractivity contribution in [2.75, 3.05) is 0 Å². The van der Waals surface area contributed by atoms with Crippen LogP contribution in [-0.2, 0) is 11.2 Å². The van der Waals surface area contributed by atoms with Gasteiger partial charge in [-0.1, -0.05) is 41.5 Å². The molecule has 0 saturated heterocycles. The van der Waals surface area contributed by atoms with Gasteiger partial charge in [0, 0.05) is 18.4 Å². The lowest BCUT2D eigenvalue weighted by Crippen LogP contribution is -2.41. The molecule has 1 atom stereocenters. The lowest BCUT2D eigenvalue weighted by molar-refractivity contribution is -0.119. The lowest BCUT2D eigenvalue weighted by Gasteiger charge is -2.18. The molecule has 0 aliphatic carbocycles. The molecule has 0 amide bonds. The number of carbonyl (C=O) groups is 1. The molecule has 3 nitrogen and oxygen atoms in total. The van der Waals surface area contributed by atoms with Crippen LogP contribution in [0.25, 0.3) is 0 Å². The molecule has 0 radical (unpaired) electrons. The fraction of sp³-hybridized carbons (Fsp3) is 0.625. The first-order chi connectivity index (χ1) is 9.09. The van der Waals surface area contributed by atoms with Crippen molar-refractivity contribution in [2.45, 2.75) is 67.0 Å². The van der Waals surface area contributed by atoms with Crippen molar-refractivity contribution in [1.82, 2.24) is 10.3 Å². The predicted molar refractivity (Wildman–Crippen MR) is 83.4 cm³/mol. The van der Waals surface area contributed by atoms with Crippen LogP contribution >= 0.6 is 0 Å². The molecule has 0 saturated carbocycles. The molecule has 1 aromatic rings. The van der Waals surface area contributed by atoms with E-state index < -0.39 is 0 Å². The van der Waals surface area contributed by atoms with E-state index in [1.54, 1.807) is 19.3 Å². The Labute approximate surface area is 118 Å². The standard InChI is InChI=1S/C12H18N2O.2C2H6/c1-9(2)14-12(10(3)15)8-11-4-6-13-7-5-11;2*1-2/h4-7,9,12,14H,8H2,1-3H3;2*1-2H3. The van der Waals surface area contributed by atoms with E-state index in [1.807, 2.05) is 53.7 Å². The van der Waals surface area contributed by atoms with Crippen LogP contribution in [0.15, 0.2) is 24.5 Å². The quantitative estimate of drug-likeness (QED) is 0.885. The van der Waals surface area contributed by atoms with Crippen molar-refractivity contribution in [3.8, 4) is 0 Å². The van der Waals surface area contributed by atoms with Crippen molar-refractivity contribution in [1.29, 1.82) is 0 Å². The van der Waals surface area contributed by atoms with Crippen molar-refractivity contribution in [2.24, 2.45) is 0 Å². The fourth-order valence-corrected chi connectivity index (χ4v) is 1.48.